The average Bonchev–Trinajstić information content (AvgIpc) is 2.23. The number of carbonyl (C=O) groups excluding carboxylic acids is 1. The summed E-state index contributed by atoms with van der Waals surface area (Å²) in [5.41, 5.74) is 1.33. The highest BCUT2D eigenvalue weighted by molar-refractivity contribution is 9.10. The number of halogens is 1. The van der Waals surface area contributed by atoms with Gasteiger partial charge in [-0.15, -0.1) is 0 Å². The van der Waals surface area contributed by atoms with Gasteiger partial charge in [0.25, 0.3) is 5.56 Å². The summed E-state index contributed by atoms with van der Waals surface area (Å²) in [4.78, 5) is 25.0. The summed E-state index contributed by atoms with van der Waals surface area (Å²) in [6.07, 6.45) is 2.21. The molecule has 4 nitrogen and oxygen atoms in total. The van der Waals surface area contributed by atoms with Crippen LogP contribution in [0.4, 0.5) is 0 Å². The molecule has 0 amide bonds. The van der Waals surface area contributed by atoms with Crippen molar-refractivity contribution in [3.63, 3.8) is 0 Å². The van der Waals surface area contributed by atoms with Gasteiger partial charge >= 0.3 is 5.97 Å². The minimum Gasteiger partial charge on any atom is -0.469 e. The molecule has 0 fully saturated rings. The van der Waals surface area contributed by atoms with Crippen molar-refractivity contribution in [2.45, 2.75) is 19.8 Å². The third-order valence-electron chi connectivity index (χ3n) is 2.22. The summed E-state index contributed by atoms with van der Waals surface area (Å²) in [6, 6.07) is 0. The molecule has 0 aliphatic carbocycles. The normalized spacial score (nSPS) is 10.1. The maximum absolute atomic E-state index is 11.5. The molecule has 1 aromatic rings. The van der Waals surface area contributed by atoms with E-state index in [-0.39, 0.29) is 17.9 Å². The van der Waals surface area contributed by atoms with Gasteiger partial charge in [-0.3, -0.25) is 9.59 Å². The Kier molecular flexibility index (Phi) is 4.08. The van der Waals surface area contributed by atoms with Gasteiger partial charge in [0.2, 0.25) is 0 Å². The van der Waals surface area contributed by atoms with Gasteiger partial charge in [0.15, 0.2) is 0 Å². The SMILES string of the molecule is COC(=O)CCc1c(C)c(Br)c[nH]c1=O. The van der Waals surface area contributed by atoms with E-state index in [4.69, 9.17) is 0 Å². The number of methoxy groups -OCH3 is 1. The first kappa shape index (κ1) is 12.0. The van der Waals surface area contributed by atoms with Gasteiger partial charge in [0, 0.05) is 22.7 Å². The molecule has 0 aromatic carbocycles. The smallest absolute Gasteiger partial charge is 0.305 e. The third-order valence-corrected chi connectivity index (χ3v) is 3.05. The van der Waals surface area contributed by atoms with Crippen molar-refractivity contribution in [2.24, 2.45) is 0 Å². The summed E-state index contributed by atoms with van der Waals surface area (Å²) >= 11 is 3.32. The van der Waals surface area contributed by atoms with Crippen molar-refractivity contribution in [1.29, 1.82) is 0 Å². The van der Waals surface area contributed by atoms with E-state index in [9.17, 15) is 9.59 Å². The van der Waals surface area contributed by atoms with Crippen LogP contribution < -0.4 is 5.56 Å². The Morgan fingerprint density at radius 3 is 2.87 bits per heavy atom. The summed E-state index contributed by atoms with van der Waals surface area (Å²) in [6.45, 7) is 1.84. The first-order chi connectivity index (χ1) is 7.06. The number of hydrogen-bond acceptors (Lipinski definition) is 3. The van der Waals surface area contributed by atoms with Crippen LogP contribution in [0.15, 0.2) is 15.5 Å². The quantitative estimate of drug-likeness (QED) is 0.851. The Hall–Kier alpha value is -1.10. The largest absolute Gasteiger partial charge is 0.469 e. The zero-order valence-electron chi connectivity index (χ0n) is 8.59. The van der Waals surface area contributed by atoms with E-state index >= 15 is 0 Å². The van der Waals surface area contributed by atoms with Crippen LogP contribution in [0.1, 0.15) is 17.5 Å². The number of nitrogens with one attached hydrogen (secondary N) is 1. The number of esters is 1. The fourth-order valence-corrected chi connectivity index (χ4v) is 1.62. The highest BCUT2D eigenvalue weighted by Gasteiger charge is 2.09. The molecule has 0 aliphatic heterocycles. The molecule has 0 aliphatic rings. The van der Waals surface area contributed by atoms with Gasteiger partial charge in [-0.25, -0.2) is 0 Å². The molecule has 0 spiro atoms. The van der Waals surface area contributed by atoms with Crippen LogP contribution in [0.2, 0.25) is 0 Å². The lowest BCUT2D eigenvalue weighted by Crippen LogP contribution is -2.16. The monoisotopic (exact) mass is 273 g/mol. The fraction of sp³-hybridized carbons (Fsp3) is 0.400. The number of rotatable bonds is 3. The molecule has 0 atom stereocenters. The molecule has 1 aromatic heterocycles. The Balaban J connectivity index is 2.90. The van der Waals surface area contributed by atoms with Crippen LogP contribution in [0.3, 0.4) is 0 Å². The van der Waals surface area contributed by atoms with Gasteiger partial charge in [0.05, 0.1) is 7.11 Å². The van der Waals surface area contributed by atoms with Crippen molar-refractivity contribution in [3.05, 3.63) is 32.2 Å². The van der Waals surface area contributed by atoms with Gasteiger partial charge in [-0.1, -0.05) is 0 Å². The lowest BCUT2D eigenvalue weighted by molar-refractivity contribution is -0.140. The Bertz CT molecular complexity index is 425. The first-order valence-electron chi connectivity index (χ1n) is 4.49. The van der Waals surface area contributed by atoms with E-state index in [1.807, 2.05) is 6.92 Å². The van der Waals surface area contributed by atoms with E-state index in [0.29, 0.717) is 12.0 Å². The van der Waals surface area contributed by atoms with E-state index in [0.717, 1.165) is 10.0 Å². The minimum atomic E-state index is -0.311. The van der Waals surface area contributed by atoms with Crippen molar-refractivity contribution >= 4 is 21.9 Å². The summed E-state index contributed by atoms with van der Waals surface area (Å²) in [7, 11) is 1.33. The molecule has 0 bridgehead atoms. The average molecular weight is 274 g/mol. The zero-order valence-corrected chi connectivity index (χ0v) is 10.2. The van der Waals surface area contributed by atoms with Gasteiger partial charge in [0.1, 0.15) is 0 Å². The van der Waals surface area contributed by atoms with Crippen molar-refractivity contribution in [3.8, 4) is 0 Å². The standard InChI is InChI=1S/C10H12BrNO3/c1-6-7(3-4-9(13)15-2)10(14)12-5-8(6)11/h5H,3-4H2,1-2H3,(H,12,14). The Morgan fingerprint density at radius 1 is 1.60 bits per heavy atom. The second-order valence-corrected chi connectivity index (χ2v) is 4.00. The highest BCUT2D eigenvalue weighted by Crippen LogP contribution is 2.16. The van der Waals surface area contributed by atoms with Crippen LogP contribution in [-0.4, -0.2) is 18.1 Å². The van der Waals surface area contributed by atoms with Crippen LogP contribution in [0, 0.1) is 6.92 Å². The van der Waals surface area contributed by atoms with Crippen molar-refractivity contribution in [2.75, 3.05) is 7.11 Å². The number of aromatic amines is 1. The van der Waals surface area contributed by atoms with Crippen LogP contribution >= 0.6 is 15.9 Å². The number of aromatic nitrogens is 1. The molecule has 82 valence electrons. The van der Waals surface area contributed by atoms with Crippen LogP contribution in [0.5, 0.6) is 0 Å². The number of pyridine rings is 1. The van der Waals surface area contributed by atoms with Crippen molar-refractivity contribution in [1.82, 2.24) is 4.98 Å². The molecule has 1 N–H and O–H groups in total. The minimum absolute atomic E-state index is 0.153. The maximum Gasteiger partial charge on any atom is 0.305 e. The van der Waals surface area contributed by atoms with Crippen molar-refractivity contribution < 1.29 is 9.53 Å². The number of H-pyrrole nitrogens is 1. The number of carbonyl (C=O) groups is 1. The molecule has 1 rings (SSSR count). The maximum atomic E-state index is 11.5. The van der Waals surface area contributed by atoms with Crippen LogP contribution in [0.25, 0.3) is 0 Å². The second kappa shape index (κ2) is 5.11. The van der Waals surface area contributed by atoms with Gasteiger partial charge < -0.3 is 9.72 Å². The molecule has 5 heteroatoms. The summed E-state index contributed by atoms with van der Waals surface area (Å²) in [5.74, 6) is -0.311. The van der Waals surface area contributed by atoms with E-state index in [2.05, 4.69) is 25.7 Å². The predicted octanol–water partition coefficient (Wildman–Crippen LogP) is 1.55. The first-order valence-corrected chi connectivity index (χ1v) is 5.29. The lowest BCUT2D eigenvalue weighted by Gasteiger charge is -2.05. The Labute approximate surface area is 95.8 Å². The molecule has 15 heavy (non-hydrogen) atoms. The zero-order chi connectivity index (χ0) is 11.4. The highest BCUT2D eigenvalue weighted by atomic mass is 79.9. The lowest BCUT2D eigenvalue weighted by atomic mass is 10.1. The van der Waals surface area contributed by atoms with Gasteiger partial charge in [-0.2, -0.15) is 0 Å². The van der Waals surface area contributed by atoms with E-state index < -0.39 is 0 Å². The molecule has 0 saturated carbocycles. The van der Waals surface area contributed by atoms with Gasteiger partial charge in [-0.05, 0) is 34.8 Å². The third kappa shape index (κ3) is 2.92. The predicted molar refractivity (Wildman–Crippen MR) is 59.8 cm³/mol. The second-order valence-electron chi connectivity index (χ2n) is 3.15. The topological polar surface area (TPSA) is 59.2 Å². The Morgan fingerprint density at radius 2 is 2.27 bits per heavy atom. The van der Waals surface area contributed by atoms with Crippen LogP contribution in [-0.2, 0) is 16.0 Å². The van der Waals surface area contributed by atoms with E-state index in [1.165, 1.54) is 7.11 Å². The fourth-order valence-electron chi connectivity index (χ4n) is 1.27. The number of ether oxygens (including phenoxy) is 1. The molecule has 1 heterocycles. The summed E-state index contributed by atoms with van der Waals surface area (Å²) < 4.78 is 5.35. The number of hydrogen-bond donors (Lipinski definition) is 1. The van der Waals surface area contributed by atoms with E-state index in [1.54, 1.807) is 6.20 Å². The molecule has 0 radical (unpaired) electrons. The summed E-state index contributed by atoms with van der Waals surface area (Å²) in [5, 5.41) is 0. The molecule has 0 saturated heterocycles. The molecular weight excluding hydrogens is 262 g/mol. The molecule has 0 unspecified atom stereocenters. The molecular formula is C10H12BrNO3.